The fraction of sp³-hybridized carbons (Fsp3) is 0.226. The maximum absolute atomic E-state index is 6.37. The summed E-state index contributed by atoms with van der Waals surface area (Å²) in [5.41, 5.74) is 5.97. The highest BCUT2D eigenvalue weighted by atomic mass is 28.3. The normalized spacial score (nSPS) is 12.5. The first-order valence-corrected chi connectivity index (χ1v) is 15.9. The summed E-state index contributed by atoms with van der Waals surface area (Å²) in [6, 6.07) is 24.0. The third-order valence-electron chi connectivity index (χ3n) is 6.84. The molecular formula is C31H30N2OSi. The summed E-state index contributed by atoms with van der Waals surface area (Å²) in [4.78, 5) is 9.76. The molecule has 0 atom stereocenters. The van der Waals surface area contributed by atoms with Gasteiger partial charge in [0.25, 0.3) is 0 Å². The van der Waals surface area contributed by atoms with Crippen LogP contribution in [0, 0.1) is 5.92 Å². The number of fused-ring (bicyclic) bond motifs is 6. The first kappa shape index (κ1) is 22.0. The molecule has 0 N–H and O–H groups in total. The zero-order valence-electron chi connectivity index (χ0n) is 21.0. The molecule has 3 aromatic carbocycles. The van der Waals surface area contributed by atoms with Gasteiger partial charge in [-0.25, -0.2) is 9.97 Å². The van der Waals surface area contributed by atoms with Crippen molar-refractivity contribution in [3.63, 3.8) is 0 Å². The van der Waals surface area contributed by atoms with E-state index in [1.165, 1.54) is 26.9 Å². The Labute approximate surface area is 206 Å². The van der Waals surface area contributed by atoms with Crippen molar-refractivity contribution in [2.45, 2.75) is 39.9 Å². The number of hydrogen-bond donors (Lipinski definition) is 0. The van der Waals surface area contributed by atoms with Crippen molar-refractivity contribution in [2.75, 3.05) is 0 Å². The Morgan fingerprint density at radius 3 is 2.46 bits per heavy atom. The first-order chi connectivity index (χ1) is 16.8. The number of pyridine rings is 2. The maximum Gasteiger partial charge on any atom is 0.227 e. The molecule has 0 saturated heterocycles. The van der Waals surface area contributed by atoms with E-state index in [-0.39, 0.29) is 0 Å². The lowest BCUT2D eigenvalue weighted by atomic mass is 9.96. The Kier molecular flexibility index (Phi) is 5.04. The number of hydrogen-bond acceptors (Lipinski definition) is 3. The van der Waals surface area contributed by atoms with Gasteiger partial charge in [-0.05, 0) is 70.3 Å². The van der Waals surface area contributed by atoms with Crippen LogP contribution in [0.25, 0.3) is 55.0 Å². The molecule has 0 bridgehead atoms. The van der Waals surface area contributed by atoms with Crippen LogP contribution in [-0.2, 0) is 6.42 Å². The molecule has 6 rings (SSSR count). The zero-order chi connectivity index (χ0) is 24.3. The van der Waals surface area contributed by atoms with E-state index in [1.54, 1.807) is 6.20 Å². The Hall–Kier alpha value is -3.50. The van der Waals surface area contributed by atoms with Gasteiger partial charge in [0.2, 0.25) is 5.71 Å². The number of aromatic nitrogens is 2. The minimum Gasteiger partial charge on any atom is -0.437 e. The van der Waals surface area contributed by atoms with Crippen LogP contribution >= 0.6 is 0 Å². The topological polar surface area (TPSA) is 38.9 Å². The Morgan fingerprint density at radius 1 is 0.857 bits per heavy atom. The van der Waals surface area contributed by atoms with Gasteiger partial charge in [-0.15, -0.1) is 0 Å². The summed E-state index contributed by atoms with van der Waals surface area (Å²) in [6.07, 6.45) is 2.80. The summed E-state index contributed by atoms with van der Waals surface area (Å²) in [5, 5.41) is 7.47. The number of benzene rings is 3. The highest BCUT2D eigenvalue weighted by Gasteiger charge is 2.24. The largest absolute Gasteiger partial charge is 0.437 e. The van der Waals surface area contributed by atoms with E-state index < -0.39 is 8.07 Å². The zero-order valence-corrected chi connectivity index (χ0v) is 22.0. The molecule has 0 fully saturated rings. The van der Waals surface area contributed by atoms with Crippen molar-refractivity contribution in [3.05, 3.63) is 78.5 Å². The minimum atomic E-state index is -1.70. The first-order valence-electron chi connectivity index (χ1n) is 12.4. The van der Waals surface area contributed by atoms with Gasteiger partial charge in [0, 0.05) is 27.9 Å². The average Bonchev–Trinajstić information content (AvgIpc) is 3.20. The summed E-state index contributed by atoms with van der Waals surface area (Å²) in [5.74, 6) is 0.560. The Balaban J connectivity index is 1.72. The van der Waals surface area contributed by atoms with E-state index in [2.05, 4.69) is 99.1 Å². The van der Waals surface area contributed by atoms with Gasteiger partial charge < -0.3 is 4.42 Å². The molecule has 4 heteroatoms. The molecular weight excluding hydrogens is 444 g/mol. The lowest BCUT2D eigenvalue weighted by Crippen LogP contribution is -2.38. The van der Waals surface area contributed by atoms with Crippen LogP contribution in [0.5, 0.6) is 0 Å². The molecule has 0 aliphatic carbocycles. The average molecular weight is 475 g/mol. The van der Waals surface area contributed by atoms with E-state index in [9.17, 15) is 0 Å². The maximum atomic E-state index is 6.37. The van der Waals surface area contributed by atoms with Gasteiger partial charge in [0.05, 0.1) is 19.3 Å². The van der Waals surface area contributed by atoms with Crippen LogP contribution in [0.1, 0.15) is 19.4 Å². The van der Waals surface area contributed by atoms with Crippen molar-refractivity contribution in [3.8, 4) is 11.3 Å². The smallest absolute Gasteiger partial charge is 0.227 e. The summed E-state index contributed by atoms with van der Waals surface area (Å²) >= 11 is 0. The fourth-order valence-electron chi connectivity index (χ4n) is 5.29. The molecule has 0 spiro atoms. The van der Waals surface area contributed by atoms with Crippen molar-refractivity contribution in [1.29, 1.82) is 0 Å². The Bertz CT molecular complexity index is 1740. The van der Waals surface area contributed by atoms with Crippen LogP contribution in [0.4, 0.5) is 0 Å². The highest BCUT2D eigenvalue weighted by Crippen LogP contribution is 2.37. The highest BCUT2D eigenvalue weighted by molar-refractivity contribution is 6.90. The molecule has 3 aromatic heterocycles. The quantitative estimate of drug-likeness (QED) is 0.191. The van der Waals surface area contributed by atoms with E-state index in [0.717, 1.165) is 39.6 Å². The fourth-order valence-corrected chi connectivity index (χ4v) is 6.87. The predicted molar refractivity (Wildman–Crippen MR) is 151 cm³/mol. The van der Waals surface area contributed by atoms with Gasteiger partial charge in [0.15, 0.2) is 0 Å². The second-order valence-corrected chi connectivity index (χ2v) is 16.1. The molecule has 0 aliphatic rings. The van der Waals surface area contributed by atoms with Gasteiger partial charge in [-0.3, -0.25) is 0 Å². The molecule has 35 heavy (non-hydrogen) atoms. The molecule has 3 heterocycles. The van der Waals surface area contributed by atoms with Crippen LogP contribution < -0.4 is 5.19 Å². The second kappa shape index (κ2) is 8.03. The van der Waals surface area contributed by atoms with Crippen molar-refractivity contribution in [2.24, 2.45) is 5.92 Å². The molecule has 174 valence electrons. The molecule has 6 aromatic rings. The molecule has 0 unspecified atom stereocenters. The molecule has 3 nitrogen and oxygen atoms in total. The Morgan fingerprint density at radius 2 is 1.66 bits per heavy atom. The summed E-state index contributed by atoms with van der Waals surface area (Å²) in [6.45, 7) is 11.8. The van der Waals surface area contributed by atoms with E-state index in [4.69, 9.17) is 9.40 Å². The number of nitrogens with zero attached hydrogens (tertiary/aromatic N) is 2. The van der Waals surface area contributed by atoms with Gasteiger partial charge in [-0.1, -0.05) is 63.8 Å². The van der Waals surface area contributed by atoms with Crippen molar-refractivity contribution in [1.82, 2.24) is 9.97 Å². The number of rotatable bonds is 4. The third kappa shape index (κ3) is 3.73. The van der Waals surface area contributed by atoms with Gasteiger partial charge in [-0.2, -0.15) is 0 Å². The van der Waals surface area contributed by atoms with Gasteiger partial charge in [0.1, 0.15) is 5.58 Å². The molecule has 0 amide bonds. The van der Waals surface area contributed by atoms with Crippen LogP contribution in [0.3, 0.4) is 0 Å². The van der Waals surface area contributed by atoms with E-state index >= 15 is 0 Å². The van der Waals surface area contributed by atoms with Crippen LogP contribution in [-0.4, -0.2) is 18.0 Å². The number of furan rings is 1. The minimum absolute atomic E-state index is 0.560. The monoisotopic (exact) mass is 474 g/mol. The SMILES string of the molecule is CC(C)Cc1cc(-c2cc([Si](C)(C)C)c3c(ccc4ccccc43)n2)c2oc3ncccc3c2c1. The molecule has 0 radical (unpaired) electrons. The lowest BCUT2D eigenvalue weighted by Gasteiger charge is -2.22. The van der Waals surface area contributed by atoms with Crippen LogP contribution in [0.2, 0.25) is 19.6 Å². The molecule has 0 aliphatic heterocycles. The van der Waals surface area contributed by atoms with Crippen molar-refractivity contribution >= 4 is 57.0 Å². The second-order valence-electron chi connectivity index (χ2n) is 11.1. The predicted octanol–water partition coefficient (Wildman–Crippen LogP) is 8.09. The standard InChI is InChI=1S/C31H30N2OSi/c1-19(2)15-20-16-24-23-11-8-14-32-31(23)34-30(24)25(17-20)27-18-28(35(3,4)5)29-22-10-7-6-9-21(22)12-13-26(29)33-27/h6-14,16-19H,15H2,1-5H3. The van der Waals surface area contributed by atoms with E-state index in [1.807, 2.05) is 6.07 Å². The molecule has 0 saturated carbocycles. The van der Waals surface area contributed by atoms with E-state index in [0.29, 0.717) is 11.6 Å². The van der Waals surface area contributed by atoms with Gasteiger partial charge >= 0.3 is 0 Å². The summed E-state index contributed by atoms with van der Waals surface area (Å²) in [7, 11) is -1.70. The van der Waals surface area contributed by atoms with Crippen molar-refractivity contribution < 1.29 is 4.42 Å². The summed E-state index contributed by atoms with van der Waals surface area (Å²) < 4.78 is 6.37. The third-order valence-corrected chi connectivity index (χ3v) is 8.85. The van der Waals surface area contributed by atoms with Crippen LogP contribution in [0.15, 0.2) is 77.3 Å². The lowest BCUT2D eigenvalue weighted by molar-refractivity contribution is 0.644.